The second-order valence-electron chi connectivity index (χ2n) is 8.58. The molecule has 0 aliphatic heterocycles. The molecule has 1 unspecified atom stereocenters. The van der Waals surface area contributed by atoms with Gasteiger partial charge >= 0.3 is 0 Å². The van der Waals surface area contributed by atoms with Gasteiger partial charge in [-0.25, -0.2) is 28.7 Å². The molecule has 37 heavy (non-hydrogen) atoms. The molecule has 0 aliphatic carbocycles. The van der Waals surface area contributed by atoms with E-state index in [1.807, 2.05) is 19.9 Å². The Hall–Kier alpha value is -3.47. The summed E-state index contributed by atoms with van der Waals surface area (Å²) in [7, 11) is -2.70. The van der Waals surface area contributed by atoms with Crippen molar-refractivity contribution < 1.29 is 13.3 Å². The number of aryl methyl sites for hydroxylation is 1. The fraction of sp³-hybridized carbons (Fsp3) is 0.269. The second-order valence-corrected chi connectivity index (χ2v) is 12.4. The van der Waals surface area contributed by atoms with Gasteiger partial charge in [0.15, 0.2) is 18.5 Å². The van der Waals surface area contributed by atoms with Crippen molar-refractivity contribution in [3.63, 3.8) is 0 Å². The van der Waals surface area contributed by atoms with Crippen LogP contribution < -0.4 is 10.9 Å². The van der Waals surface area contributed by atoms with Gasteiger partial charge in [0.05, 0.1) is 39.6 Å². The van der Waals surface area contributed by atoms with Crippen LogP contribution in [0.15, 0.2) is 36.7 Å². The summed E-state index contributed by atoms with van der Waals surface area (Å²) >= 11 is 6.58. The van der Waals surface area contributed by atoms with Crippen LogP contribution in [-0.2, 0) is 4.57 Å². The summed E-state index contributed by atoms with van der Waals surface area (Å²) in [5, 5.41) is 12.6. The first-order chi connectivity index (χ1) is 17.6. The lowest BCUT2D eigenvalue weighted by Gasteiger charge is -2.20. The van der Waals surface area contributed by atoms with Crippen LogP contribution in [0.2, 0.25) is 5.02 Å². The Morgan fingerprint density at radius 3 is 2.41 bits per heavy atom. The number of pyridine rings is 2. The lowest BCUT2D eigenvalue weighted by molar-refractivity contribution is 0.581. The maximum absolute atomic E-state index is 15.2. The Morgan fingerprint density at radius 1 is 1.11 bits per heavy atom. The van der Waals surface area contributed by atoms with Crippen molar-refractivity contribution in [2.45, 2.75) is 33.7 Å². The Kier molecular flexibility index (Phi) is 7.54. The summed E-state index contributed by atoms with van der Waals surface area (Å²) < 4.78 is 42.7. The first-order valence-electron chi connectivity index (χ1n) is 11.6. The minimum Gasteiger partial charge on any atom is -0.375 e. The van der Waals surface area contributed by atoms with Crippen molar-refractivity contribution >= 4 is 41.0 Å². The molecule has 1 N–H and O–H groups in total. The maximum atomic E-state index is 15.2. The maximum Gasteiger partial charge on any atom is 0.188 e. The van der Waals surface area contributed by atoms with Gasteiger partial charge in [-0.15, -0.1) is 0 Å². The summed E-state index contributed by atoms with van der Waals surface area (Å²) in [6.45, 7) is 7.03. The molecule has 0 spiro atoms. The highest BCUT2D eigenvalue weighted by Crippen LogP contribution is 2.42. The predicted molar refractivity (Wildman–Crippen MR) is 142 cm³/mol. The van der Waals surface area contributed by atoms with Crippen LogP contribution in [0, 0.1) is 29.9 Å². The quantitative estimate of drug-likeness (QED) is 0.270. The number of rotatable bonds is 7. The van der Waals surface area contributed by atoms with Crippen LogP contribution >= 0.6 is 18.7 Å². The van der Waals surface area contributed by atoms with E-state index in [1.165, 1.54) is 36.7 Å². The molecule has 0 bridgehead atoms. The molecule has 0 aliphatic rings. The first-order valence-corrected chi connectivity index (χ1v) is 14.1. The molecule has 3 heterocycles. The second kappa shape index (κ2) is 10.5. The molecular formula is C26H24ClF2N6OP. The van der Waals surface area contributed by atoms with Crippen LogP contribution in [0.25, 0.3) is 22.3 Å². The average Bonchev–Trinajstić information content (AvgIpc) is 2.91. The molecule has 7 nitrogen and oxygen atoms in total. The molecule has 0 radical (unpaired) electrons. The van der Waals surface area contributed by atoms with Crippen LogP contribution in [0.1, 0.15) is 43.6 Å². The summed E-state index contributed by atoms with van der Waals surface area (Å²) in [6.07, 6.45) is 3.67. The normalized spacial score (nSPS) is 12.4. The lowest BCUT2D eigenvalue weighted by atomic mass is 10.0. The summed E-state index contributed by atoms with van der Waals surface area (Å²) in [4.78, 5) is 17.4. The van der Waals surface area contributed by atoms with Gasteiger partial charge < -0.3 is 9.88 Å². The van der Waals surface area contributed by atoms with Gasteiger partial charge in [-0.05, 0) is 32.0 Å². The number of nitrogens with one attached hydrogen (secondary N) is 1. The van der Waals surface area contributed by atoms with E-state index in [0.717, 1.165) is 0 Å². The number of fused-ring (bicyclic) bond motifs is 1. The molecule has 0 saturated carbocycles. The van der Waals surface area contributed by atoms with Gasteiger partial charge in [-0.3, -0.25) is 0 Å². The predicted octanol–water partition coefficient (Wildman–Crippen LogP) is 6.40. The number of hydrogen-bond acceptors (Lipinski definition) is 7. The number of nitriles is 1. The monoisotopic (exact) mass is 540 g/mol. The Labute approximate surface area is 218 Å². The smallest absolute Gasteiger partial charge is 0.188 e. The zero-order valence-corrected chi connectivity index (χ0v) is 22.3. The van der Waals surface area contributed by atoms with Crippen LogP contribution in [0.3, 0.4) is 0 Å². The minimum absolute atomic E-state index is 0.0306. The molecule has 0 fully saturated rings. The van der Waals surface area contributed by atoms with E-state index in [0.29, 0.717) is 34.8 Å². The fourth-order valence-electron chi connectivity index (χ4n) is 4.00. The third-order valence-electron chi connectivity index (χ3n) is 6.27. The van der Waals surface area contributed by atoms with Crippen LogP contribution in [-0.4, -0.2) is 32.3 Å². The highest BCUT2D eigenvalue weighted by atomic mass is 35.5. The van der Waals surface area contributed by atoms with E-state index in [-0.39, 0.29) is 32.9 Å². The summed E-state index contributed by atoms with van der Waals surface area (Å²) in [6, 6.07) is 6.72. The topological polar surface area (TPSA) is 104 Å². The molecule has 11 heteroatoms. The number of benzene rings is 1. The van der Waals surface area contributed by atoms with Crippen molar-refractivity contribution in [2.75, 3.05) is 17.6 Å². The lowest BCUT2D eigenvalue weighted by Crippen LogP contribution is -2.16. The Morgan fingerprint density at radius 2 is 1.78 bits per heavy atom. The van der Waals surface area contributed by atoms with Crippen molar-refractivity contribution in [3.05, 3.63) is 70.1 Å². The molecule has 3 aromatic heterocycles. The standard InChI is InChI=1S/C26H24ClF2N6OP/c1-5-37(36,6-2)26-31-12-17(13-32-26)23-20(29)10-21-24(35-23)25(22(27)15(4)33-21)34-14(3)18-9-16(11-30)7-8-19(18)28/h7-10,12-14H,5-6H2,1-4H3,(H,33,34). The van der Waals surface area contributed by atoms with Crippen molar-refractivity contribution in [1.82, 2.24) is 19.9 Å². The minimum atomic E-state index is -2.70. The van der Waals surface area contributed by atoms with E-state index < -0.39 is 24.8 Å². The van der Waals surface area contributed by atoms with E-state index >= 15 is 4.39 Å². The molecule has 1 atom stereocenters. The molecule has 4 aromatic rings. The number of hydrogen-bond donors (Lipinski definition) is 1. The van der Waals surface area contributed by atoms with Gasteiger partial charge in [-0.1, -0.05) is 25.4 Å². The average molecular weight is 541 g/mol. The largest absolute Gasteiger partial charge is 0.375 e. The van der Waals surface area contributed by atoms with Gasteiger partial charge in [0.2, 0.25) is 0 Å². The number of halogens is 3. The van der Waals surface area contributed by atoms with Gasteiger partial charge in [0.25, 0.3) is 0 Å². The SMILES string of the molecule is CCP(=O)(CC)c1ncc(-c2nc3c(NC(C)c4cc(C#N)ccc4F)c(Cl)c(C)nc3cc2F)cn1. The van der Waals surface area contributed by atoms with E-state index in [4.69, 9.17) is 11.6 Å². The number of aromatic nitrogens is 4. The first kappa shape index (κ1) is 26.6. The third-order valence-corrected chi connectivity index (χ3v) is 9.73. The molecular weight excluding hydrogens is 517 g/mol. The highest BCUT2D eigenvalue weighted by Gasteiger charge is 2.24. The molecule has 190 valence electrons. The Bertz CT molecular complexity index is 1580. The van der Waals surface area contributed by atoms with Crippen molar-refractivity contribution in [3.8, 4) is 17.3 Å². The van der Waals surface area contributed by atoms with E-state index in [1.54, 1.807) is 13.8 Å². The fourth-order valence-corrected chi connectivity index (χ4v) is 5.73. The van der Waals surface area contributed by atoms with E-state index in [9.17, 15) is 14.2 Å². The molecule has 0 saturated heterocycles. The highest BCUT2D eigenvalue weighted by molar-refractivity contribution is 7.71. The summed E-state index contributed by atoms with van der Waals surface area (Å²) in [5.41, 5.74) is 2.40. The van der Waals surface area contributed by atoms with E-state index in [2.05, 4.69) is 25.3 Å². The van der Waals surface area contributed by atoms with Crippen molar-refractivity contribution in [2.24, 2.45) is 0 Å². The zero-order chi connectivity index (χ0) is 26.9. The molecule has 1 aromatic carbocycles. The van der Waals surface area contributed by atoms with Gasteiger partial charge in [0.1, 0.15) is 17.0 Å². The van der Waals surface area contributed by atoms with Crippen LogP contribution in [0.5, 0.6) is 0 Å². The van der Waals surface area contributed by atoms with Gasteiger partial charge in [-0.2, -0.15) is 5.26 Å². The van der Waals surface area contributed by atoms with Crippen molar-refractivity contribution in [1.29, 1.82) is 5.26 Å². The number of nitrogens with zero attached hydrogens (tertiary/aromatic N) is 5. The summed E-state index contributed by atoms with van der Waals surface area (Å²) in [5.74, 6) is -1.13. The Balaban J connectivity index is 1.82. The number of anilines is 1. The van der Waals surface area contributed by atoms with Crippen LogP contribution in [0.4, 0.5) is 14.5 Å². The molecule has 0 amide bonds. The molecule has 4 rings (SSSR count). The zero-order valence-electron chi connectivity index (χ0n) is 20.7. The van der Waals surface area contributed by atoms with Gasteiger partial charge in [0, 0.05) is 41.9 Å². The third kappa shape index (κ3) is 5.04.